The highest BCUT2D eigenvalue weighted by molar-refractivity contribution is 5.79. The number of fused-ring (bicyclic) bond motifs is 3. The van der Waals surface area contributed by atoms with Crippen LogP contribution in [-0.2, 0) is 0 Å². The van der Waals surface area contributed by atoms with E-state index in [4.69, 9.17) is 15.0 Å². The fourth-order valence-electron chi connectivity index (χ4n) is 6.06. The molecule has 6 aromatic rings. The molecule has 4 aromatic carbocycles. The Morgan fingerprint density at radius 1 is 0.512 bits per heavy atom. The second kappa shape index (κ2) is 10.6. The van der Waals surface area contributed by atoms with Crippen LogP contribution in [0.25, 0.3) is 45.3 Å². The SMILES string of the molecule is C1=CC2c3cnccc3N(c3cccc(-c4ccc(-c5nc(-c6ccccc6)nc(-c6ccccc6)n5)cc4)c3)C2C=C1. The quantitative estimate of drug-likeness (QED) is 0.214. The maximum absolute atomic E-state index is 4.88. The molecular formula is C38H27N5. The lowest BCUT2D eigenvalue weighted by molar-refractivity contribution is 0.743. The molecule has 5 nitrogen and oxygen atoms in total. The highest BCUT2D eigenvalue weighted by Crippen LogP contribution is 2.47. The summed E-state index contributed by atoms with van der Waals surface area (Å²) in [4.78, 5) is 21.4. The minimum atomic E-state index is 0.239. The molecule has 0 fully saturated rings. The van der Waals surface area contributed by atoms with Crippen LogP contribution in [0.3, 0.4) is 0 Å². The van der Waals surface area contributed by atoms with Gasteiger partial charge in [0.2, 0.25) is 0 Å². The zero-order chi connectivity index (χ0) is 28.6. The van der Waals surface area contributed by atoms with Crippen LogP contribution in [0.4, 0.5) is 11.4 Å². The van der Waals surface area contributed by atoms with Crippen LogP contribution in [0, 0.1) is 0 Å². The van der Waals surface area contributed by atoms with Crippen molar-refractivity contribution < 1.29 is 0 Å². The van der Waals surface area contributed by atoms with Crippen LogP contribution in [0.1, 0.15) is 11.5 Å². The summed E-state index contributed by atoms with van der Waals surface area (Å²) in [5.74, 6) is 2.27. The molecule has 1 aliphatic carbocycles. The topological polar surface area (TPSA) is 54.8 Å². The molecule has 0 bridgehead atoms. The molecule has 204 valence electrons. The van der Waals surface area contributed by atoms with E-state index in [2.05, 4.69) is 88.8 Å². The Kier molecular flexibility index (Phi) is 6.19. The Morgan fingerprint density at radius 2 is 1.09 bits per heavy atom. The van der Waals surface area contributed by atoms with Crippen LogP contribution >= 0.6 is 0 Å². The van der Waals surface area contributed by atoms with Crippen molar-refractivity contribution in [1.29, 1.82) is 0 Å². The maximum Gasteiger partial charge on any atom is 0.164 e. The standard InChI is InChI=1S/C38H27N5/c1-3-10-27(11-4-1)36-40-37(28-12-5-2-6-13-28)42-38(41-36)29-20-18-26(19-21-29)30-14-9-15-31(24-30)43-34-17-8-7-16-32(34)33-25-39-23-22-35(33)43/h1-25,32,34H. The van der Waals surface area contributed by atoms with Crippen molar-refractivity contribution in [2.24, 2.45) is 0 Å². The number of hydrogen-bond acceptors (Lipinski definition) is 5. The fraction of sp³-hybridized carbons (Fsp3) is 0.0526. The van der Waals surface area contributed by atoms with Crippen LogP contribution < -0.4 is 4.90 Å². The summed E-state index contributed by atoms with van der Waals surface area (Å²) in [5.41, 5.74) is 8.80. The summed E-state index contributed by atoms with van der Waals surface area (Å²) in [6.45, 7) is 0. The third kappa shape index (κ3) is 4.61. The molecule has 2 unspecified atom stereocenters. The Hall–Kier alpha value is -5.68. The molecule has 3 heterocycles. The number of rotatable bonds is 5. The van der Waals surface area contributed by atoms with Crippen LogP contribution in [0.5, 0.6) is 0 Å². The molecule has 5 heteroatoms. The third-order valence-electron chi connectivity index (χ3n) is 8.15. The van der Waals surface area contributed by atoms with E-state index in [0.29, 0.717) is 23.4 Å². The van der Waals surface area contributed by atoms with E-state index in [1.165, 1.54) is 16.9 Å². The molecule has 1 aliphatic heterocycles. The first kappa shape index (κ1) is 25.1. The van der Waals surface area contributed by atoms with Gasteiger partial charge in [0.15, 0.2) is 17.5 Å². The molecule has 0 spiro atoms. The van der Waals surface area contributed by atoms with Gasteiger partial charge in [0, 0.05) is 51.9 Å². The van der Waals surface area contributed by atoms with E-state index in [1.807, 2.05) is 73.1 Å². The molecule has 0 saturated carbocycles. The molecule has 8 rings (SSSR count). The van der Waals surface area contributed by atoms with Gasteiger partial charge in [0.1, 0.15) is 0 Å². The van der Waals surface area contributed by atoms with Crippen LogP contribution in [0.15, 0.2) is 152 Å². The number of pyridine rings is 1. The summed E-state index contributed by atoms with van der Waals surface area (Å²) in [5, 5.41) is 0. The van der Waals surface area contributed by atoms with Gasteiger partial charge in [-0.05, 0) is 29.3 Å². The van der Waals surface area contributed by atoms with Gasteiger partial charge >= 0.3 is 0 Å². The molecule has 0 amide bonds. The number of aromatic nitrogens is 4. The van der Waals surface area contributed by atoms with Gasteiger partial charge in [-0.3, -0.25) is 4.98 Å². The van der Waals surface area contributed by atoms with Gasteiger partial charge in [-0.15, -0.1) is 0 Å². The van der Waals surface area contributed by atoms with E-state index < -0.39 is 0 Å². The van der Waals surface area contributed by atoms with Gasteiger partial charge < -0.3 is 4.90 Å². The molecule has 0 radical (unpaired) electrons. The summed E-state index contributed by atoms with van der Waals surface area (Å²) in [6.07, 6.45) is 12.7. The largest absolute Gasteiger partial charge is 0.333 e. The predicted octanol–water partition coefficient (Wildman–Crippen LogP) is 8.66. The van der Waals surface area contributed by atoms with Gasteiger partial charge in [0.25, 0.3) is 0 Å². The molecule has 2 aliphatic rings. The fourth-order valence-corrected chi connectivity index (χ4v) is 6.06. The second-order valence-electron chi connectivity index (χ2n) is 10.8. The van der Waals surface area contributed by atoms with Gasteiger partial charge in [-0.2, -0.15) is 0 Å². The molecule has 2 atom stereocenters. The molecule has 2 aromatic heterocycles. The second-order valence-corrected chi connectivity index (χ2v) is 10.8. The number of hydrogen-bond donors (Lipinski definition) is 0. The zero-order valence-corrected chi connectivity index (χ0v) is 23.3. The van der Waals surface area contributed by atoms with Crippen molar-refractivity contribution >= 4 is 11.4 Å². The van der Waals surface area contributed by atoms with E-state index in [9.17, 15) is 0 Å². The molecule has 43 heavy (non-hydrogen) atoms. The van der Waals surface area contributed by atoms with Gasteiger partial charge in [-0.25, -0.2) is 15.0 Å². The lowest BCUT2D eigenvalue weighted by atomic mass is 9.92. The number of anilines is 2. The first-order valence-electron chi connectivity index (χ1n) is 14.5. The number of allylic oxidation sites excluding steroid dienone is 2. The summed E-state index contributed by atoms with van der Waals surface area (Å²) < 4.78 is 0. The Morgan fingerprint density at radius 3 is 1.77 bits per heavy atom. The zero-order valence-electron chi connectivity index (χ0n) is 23.3. The number of benzene rings is 4. The molecule has 0 saturated heterocycles. The van der Waals surface area contributed by atoms with Crippen molar-refractivity contribution in [3.63, 3.8) is 0 Å². The van der Waals surface area contributed by atoms with E-state index in [0.717, 1.165) is 27.8 Å². The van der Waals surface area contributed by atoms with Crippen molar-refractivity contribution in [3.8, 4) is 45.3 Å². The maximum atomic E-state index is 4.88. The van der Waals surface area contributed by atoms with E-state index in [-0.39, 0.29) is 6.04 Å². The Bertz CT molecular complexity index is 1920. The van der Waals surface area contributed by atoms with Gasteiger partial charge in [0.05, 0.1) is 6.04 Å². The Balaban J connectivity index is 1.15. The average molecular weight is 554 g/mol. The normalized spacial score (nSPS) is 16.6. The monoisotopic (exact) mass is 553 g/mol. The summed E-state index contributed by atoms with van der Waals surface area (Å²) in [6, 6.07) is 39.8. The first-order chi connectivity index (χ1) is 21.3. The van der Waals surface area contributed by atoms with Crippen molar-refractivity contribution in [1.82, 2.24) is 19.9 Å². The summed E-state index contributed by atoms with van der Waals surface area (Å²) >= 11 is 0. The Labute approximate surface area is 250 Å². The van der Waals surface area contributed by atoms with Crippen LogP contribution in [0.2, 0.25) is 0 Å². The van der Waals surface area contributed by atoms with Crippen LogP contribution in [-0.4, -0.2) is 26.0 Å². The lowest BCUT2D eigenvalue weighted by Gasteiger charge is -2.29. The van der Waals surface area contributed by atoms with Crippen molar-refractivity contribution in [3.05, 3.63) is 158 Å². The smallest absolute Gasteiger partial charge is 0.164 e. The first-order valence-corrected chi connectivity index (χ1v) is 14.5. The van der Waals surface area contributed by atoms with E-state index >= 15 is 0 Å². The number of nitrogens with zero attached hydrogens (tertiary/aromatic N) is 5. The third-order valence-corrected chi connectivity index (χ3v) is 8.15. The minimum Gasteiger partial charge on any atom is -0.333 e. The lowest BCUT2D eigenvalue weighted by Crippen LogP contribution is -2.28. The minimum absolute atomic E-state index is 0.239. The summed E-state index contributed by atoms with van der Waals surface area (Å²) in [7, 11) is 0. The predicted molar refractivity (Wildman–Crippen MR) is 173 cm³/mol. The molecular weight excluding hydrogens is 526 g/mol. The highest BCUT2D eigenvalue weighted by atomic mass is 15.2. The van der Waals surface area contributed by atoms with Crippen molar-refractivity contribution in [2.45, 2.75) is 12.0 Å². The van der Waals surface area contributed by atoms with Gasteiger partial charge in [-0.1, -0.05) is 121 Å². The van der Waals surface area contributed by atoms with Crippen molar-refractivity contribution in [2.75, 3.05) is 4.90 Å². The highest BCUT2D eigenvalue weighted by Gasteiger charge is 2.37. The average Bonchev–Trinajstić information content (AvgIpc) is 3.43. The molecule has 0 N–H and O–H groups in total. The van der Waals surface area contributed by atoms with E-state index in [1.54, 1.807) is 0 Å².